The number of hydrogen-bond acceptors (Lipinski definition) is 6. The average Bonchev–Trinajstić information content (AvgIpc) is 2.61. The van der Waals surface area contributed by atoms with E-state index in [-0.39, 0.29) is 34.6 Å². The number of aromatic nitrogens is 1. The Bertz CT molecular complexity index is 1030. The lowest BCUT2D eigenvalue weighted by Crippen LogP contribution is -2.17. The van der Waals surface area contributed by atoms with Crippen molar-refractivity contribution in [2.24, 2.45) is 0 Å². The highest BCUT2D eigenvalue weighted by atomic mass is 16.5. The molecular formula is C19H14N4O2. The maximum absolute atomic E-state index is 9.79. The molecule has 0 radical (unpaired) electrons. The normalized spacial score (nSPS) is 14.8. The molecule has 0 unspecified atom stereocenters. The highest BCUT2D eigenvalue weighted by Crippen LogP contribution is 2.50. The molecule has 3 aromatic rings. The number of phenols is 1. The zero-order valence-electron chi connectivity index (χ0n) is 13.1. The van der Waals surface area contributed by atoms with Gasteiger partial charge in [0.05, 0.1) is 11.3 Å². The van der Waals surface area contributed by atoms with Crippen LogP contribution in [0.3, 0.4) is 0 Å². The number of benzene rings is 2. The predicted octanol–water partition coefficient (Wildman–Crippen LogP) is 3.11. The summed E-state index contributed by atoms with van der Waals surface area (Å²) in [7, 11) is 0. The van der Waals surface area contributed by atoms with Gasteiger partial charge in [-0.1, -0.05) is 36.4 Å². The number of nitrogens with two attached hydrogens (primary N) is 2. The Kier molecular flexibility index (Phi) is 3.22. The Labute approximate surface area is 143 Å². The van der Waals surface area contributed by atoms with E-state index in [2.05, 4.69) is 4.98 Å². The second-order valence-corrected chi connectivity index (χ2v) is 5.78. The number of fused-ring (bicyclic) bond motifs is 2. The van der Waals surface area contributed by atoms with Crippen LogP contribution >= 0.6 is 0 Å². The molecule has 0 spiro atoms. The van der Waals surface area contributed by atoms with Crippen molar-refractivity contribution in [3.05, 3.63) is 70.8 Å². The number of ether oxygens (including phenoxy) is 1. The summed E-state index contributed by atoms with van der Waals surface area (Å²) >= 11 is 0. The lowest BCUT2D eigenvalue weighted by atomic mass is 9.82. The molecule has 2 aromatic carbocycles. The van der Waals surface area contributed by atoms with Gasteiger partial charge in [-0.3, -0.25) is 0 Å². The molecule has 6 nitrogen and oxygen atoms in total. The van der Waals surface area contributed by atoms with Crippen LogP contribution in [0.4, 0.5) is 11.5 Å². The number of anilines is 2. The highest BCUT2D eigenvalue weighted by Gasteiger charge is 2.33. The summed E-state index contributed by atoms with van der Waals surface area (Å²) in [6.45, 7) is 0. The topological polar surface area (TPSA) is 118 Å². The van der Waals surface area contributed by atoms with Crippen molar-refractivity contribution in [3.8, 4) is 23.4 Å². The third-order valence-corrected chi connectivity index (χ3v) is 4.32. The first kappa shape index (κ1) is 14.8. The molecule has 4 rings (SSSR count). The van der Waals surface area contributed by atoms with Gasteiger partial charge in [0.15, 0.2) is 0 Å². The van der Waals surface area contributed by atoms with Gasteiger partial charge in [0.2, 0.25) is 5.88 Å². The Hall–Kier alpha value is -3.72. The van der Waals surface area contributed by atoms with Gasteiger partial charge < -0.3 is 21.3 Å². The predicted molar refractivity (Wildman–Crippen MR) is 93.3 cm³/mol. The SMILES string of the molecule is N#Cc1c(N)nc2c(c1N)[C@@H](c1ccccc1)c1ccc(O)cc1O2. The summed E-state index contributed by atoms with van der Waals surface area (Å²) in [5.41, 5.74) is 14.9. The van der Waals surface area contributed by atoms with Gasteiger partial charge in [-0.15, -0.1) is 0 Å². The standard InChI is InChI=1S/C19H14N4O2/c20-9-13-17(21)16-15(10-4-2-1-3-5-10)12-7-6-11(24)8-14(12)25-19(16)23-18(13)22/h1-8,15,24H,(H4,21,22,23)/t15-/m0/s1. The fourth-order valence-electron chi connectivity index (χ4n) is 3.19. The monoisotopic (exact) mass is 330 g/mol. The minimum Gasteiger partial charge on any atom is -0.508 e. The van der Waals surface area contributed by atoms with Gasteiger partial charge in [-0.05, 0) is 11.6 Å². The quantitative estimate of drug-likeness (QED) is 0.493. The molecule has 1 aromatic heterocycles. The molecule has 0 saturated heterocycles. The van der Waals surface area contributed by atoms with Gasteiger partial charge in [-0.25, -0.2) is 0 Å². The first-order chi connectivity index (χ1) is 12.1. The van der Waals surface area contributed by atoms with Gasteiger partial charge in [0.25, 0.3) is 0 Å². The smallest absolute Gasteiger partial charge is 0.227 e. The Morgan fingerprint density at radius 1 is 1.12 bits per heavy atom. The van der Waals surface area contributed by atoms with Crippen LogP contribution in [0.1, 0.15) is 28.2 Å². The van der Waals surface area contributed by atoms with Gasteiger partial charge >= 0.3 is 0 Å². The summed E-state index contributed by atoms with van der Waals surface area (Å²) in [5, 5.41) is 19.2. The number of aromatic hydroxyl groups is 1. The maximum Gasteiger partial charge on any atom is 0.227 e. The fourth-order valence-corrected chi connectivity index (χ4v) is 3.19. The van der Waals surface area contributed by atoms with Crippen molar-refractivity contribution in [2.45, 2.75) is 5.92 Å². The number of pyridine rings is 1. The van der Waals surface area contributed by atoms with Crippen LogP contribution in [-0.4, -0.2) is 10.1 Å². The minimum absolute atomic E-state index is 0.0224. The number of rotatable bonds is 1. The van der Waals surface area contributed by atoms with E-state index in [1.54, 1.807) is 12.1 Å². The Morgan fingerprint density at radius 3 is 2.60 bits per heavy atom. The van der Waals surface area contributed by atoms with Crippen molar-refractivity contribution in [2.75, 3.05) is 11.5 Å². The first-order valence-corrected chi connectivity index (χ1v) is 7.64. The van der Waals surface area contributed by atoms with Gasteiger partial charge in [0.1, 0.15) is 28.9 Å². The van der Waals surface area contributed by atoms with Gasteiger partial charge in [0, 0.05) is 17.5 Å². The molecule has 0 aliphatic carbocycles. The molecule has 25 heavy (non-hydrogen) atoms. The van der Waals surface area contributed by atoms with Crippen LogP contribution in [0, 0.1) is 11.3 Å². The Morgan fingerprint density at radius 2 is 1.88 bits per heavy atom. The molecule has 1 atom stereocenters. The van der Waals surface area contributed by atoms with Crippen LogP contribution in [0.25, 0.3) is 0 Å². The maximum atomic E-state index is 9.79. The van der Waals surface area contributed by atoms with Crippen molar-refractivity contribution >= 4 is 11.5 Å². The number of nitriles is 1. The third kappa shape index (κ3) is 2.22. The molecule has 1 aliphatic rings. The number of nitrogens with zero attached hydrogens (tertiary/aromatic N) is 2. The van der Waals surface area contributed by atoms with E-state index in [1.165, 1.54) is 6.07 Å². The van der Waals surface area contributed by atoms with Crippen molar-refractivity contribution < 1.29 is 9.84 Å². The lowest BCUT2D eigenvalue weighted by molar-refractivity contribution is 0.424. The summed E-state index contributed by atoms with van der Waals surface area (Å²) in [5.74, 6) is 0.567. The summed E-state index contributed by atoms with van der Waals surface area (Å²) in [4.78, 5) is 4.22. The molecule has 2 heterocycles. The van der Waals surface area contributed by atoms with E-state index in [0.717, 1.165) is 11.1 Å². The molecule has 5 N–H and O–H groups in total. The fraction of sp³-hybridized carbons (Fsp3) is 0.0526. The van der Waals surface area contributed by atoms with Crippen LogP contribution < -0.4 is 16.2 Å². The zero-order chi connectivity index (χ0) is 17.6. The van der Waals surface area contributed by atoms with E-state index in [9.17, 15) is 10.4 Å². The minimum atomic E-state index is -0.277. The Balaban J connectivity index is 2.05. The van der Waals surface area contributed by atoms with Crippen LogP contribution in [-0.2, 0) is 0 Å². The lowest BCUT2D eigenvalue weighted by Gasteiger charge is -2.29. The van der Waals surface area contributed by atoms with Crippen molar-refractivity contribution in [1.29, 1.82) is 5.26 Å². The van der Waals surface area contributed by atoms with Crippen molar-refractivity contribution in [1.82, 2.24) is 4.98 Å². The zero-order valence-corrected chi connectivity index (χ0v) is 13.1. The van der Waals surface area contributed by atoms with Crippen LogP contribution in [0.5, 0.6) is 17.4 Å². The summed E-state index contributed by atoms with van der Waals surface area (Å²) in [6.07, 6.45) is 0. The van der Waals surface area contributed by atoms with E-state index in [4.69, 9.17) is 16.2 Å². The summed E-state index contributed by atoms with van der Waals surface area (Å²) < 4.78 is 5.83. The summed E-state index contributed by atoms with van der Waals surface area (Å²) in [6, 6.07) is 16.6. The largest absolute Gasteiger partial charge is 0.508 e. The molecule has 0 amide bonds. The molecular weight excluding hydrogens is 316 g/mol. The highest BCUT2D eigenvalue weighted by molar-refractivity contribution is 5.75. The average molecular weight is 330 g/mol. The molecule has 6 heteroatoms. The molecule has 0 fully saturated rings. The van der Waals surface area contributed by atoms with E-state index in [1.807, 2.05) is 36.4 Å². The van der Waals surface area contributed by atoms with Crippen molar-refractivity contribution in [3.63, 3.8) is 0 Å². The molecule has 0 bridgehead atoms. The number of hydrogen-bond donors (Lipinski definition) is 3. The van der Waals surface area contributed by atoms with E-state index < -0.39 is 0 Å². The first-order valence-electron chi connectivity index (χ1n) is 7.64. The van der Waals surface area contributed by atoms with Gasteiger partial charge in [-0.2, -0.15) is 10.2 Å². The third-order valence-electron chi connectivity index (χ3n) is 4.32. The van der Waals surface area contributed by atoms with E-state index in [0.29, 0.717) is 11.3 Å². The molecule has 1 aliphatic heterocycles. The van der Waals surface area contributed by atoms with Crippen LogP contribution in [0.15, 0.2) is 48.5 Å². The molecule has 122 valence electrons. The van der Waals surface area contributed by atoms with Crippen LogP contribution in [0.2, 0.25) is 0 Å². The second-order valence-electron chi connectivity index (χ2n) is 5.78. The molecule has 0 saturated carbocycles. The second kappa shape index (κ2) is 5.42. The number of nitrogen functional groups attached to an aromatic ring is 2. The number of phenolic OH excluding ortho intramolecular Hbond substituents is 1. The van der Waals surface area contributed by atoms with E-state index >= 15 is 0 Å².